The van der Waals surface area contributed by atoms with Gasteiger partial charge in [-0.25, -0.2) is 0 Å². The summed E-state index contributed by atoms with van der Waals surface area (Å²) >= 11 is 0. The Morgan fingerprint density at radius 2 is 2.18 bits per heavy atom. The third-order valence-electron chi connectivity index (χ3n) is 1.05. The second-order valence-electron chi connectivity index (χ2n) is 1.97. The number of allylic oxidation sites excluding steroid dienone is 1. The molecule has 0 aromatic heterocycles. The number of unbranched alkanes of at least 4 members (excludes halogenated alkanes) is 1. The van der Waals surface area contributed by atoms with Gasteiger partial charge in [0.2, 0.25) is 0 Å². The Labute approximate surface area is 66.5 Å². The lowest BCUT2D eigenvalue weighted by molar-refractivity contribution is -0.118. The normalized spacial score (nSPS) is 9.82. The summed E-state index contributed by atoms with van der Waals surface area (Å²) in [6, 6.07) is 0. The molecule has 3 heteroatoms. The van der Waals surface area contributed by atoms with Crippen molar-refractivity contribution in [2.75, 3.05) is 0 Å². The summed E-state index contributed by atoms with van der Waals surface area (Å²) in [4.78, 5) is 10.7. The van der Waals surface area contributed by atoms with Crippen molar-refractivity contribution in [3.8, 4) is 0 Å². The fraction of sp³-hybridized carbons (Fsp3) is 0.375. The van der Waals surface area contributed by atoms with E-state index in [1.807, 2.05) is 0 Å². The minimum Gasteiger partial charge on any atom is -0.271 e. The van der Waals surface area contributed by atoms with Gasteiger partial charge in [-0.05, 0) is 12.8 Å². The molecule has 0 saturated heterocycles. The Bertz CT molecular complexity index is 173. The van der Waals surface area contributed by atoms with E-state index in [0.29, 0.717) is 6.42 Å². The Kier molecular flexibility index (Phi) is 6.08. The van der Waals surface area contributed by atoms with Crippen LogP contribution in [0.3, 0.4) is 0 Å². The van der Waals surface area contributed by atoms with Gasteiger partial charge in [0.05, 0.1) is 0 Å². The average molecular weight is 152 g/mol. The van der Waals surface area contributed by atoms with E-state index in [0.717, 1.165) is 12.8 Å². The maximum atomic E-state index is 10.7. The molecule has 60 valence electrons. The van der Waals surface area contributed by atoms with Crippen molar-refractivity contribution in [3.63, 3.8) is 0 Å². The molecular formula is C8H12N2O. The topological polar surface area (TPSA) is 41.8 Å². The predicted molar refractivity (Wildman–Crippen MR) is 44.1 cm³/mol. The third kappa shape index (κ3) is 6.64. The van der Waals surface area contributed by atoms with Crippen LogP contribution in [0.4, 0.5) is 0 Å². The molecule has 0 aromatic carbocycles. The lowest BCUT2D eigenvalue weighted by Gasteiger charge is -1.88. The van der Waals surface area contributed by atoms with E-state index >= 15 is 0 Å². The van der Waals surface area contributed by atoms with Crippen LogP contribution in [0.25, 0.3) is 0 Å². The molecule has 0 bridgehead atoms. The van der Waals surface area contributed by atoms with E-state index in [2.05, 4.69) is 23.4 Å². The van der Waals surface area contributed by atoms with Gasteiger partial charge in [-0.2, -0.15) is 5.11 Å². The summed E-state index contributed by atoms with van der Waals surface area (Å²) in [5.74, 6) is -0.202. The maximum absolute atomic E-state index is 10.7. The van der Waals surface area contributed by atoms with Crippen LogP contribution in [-0.4, -0.2) is 5.91 Å². The number of carbonyl (C=O) groups is 1. The molecule has 0 N–H and O–H groups in total. The molecular weight excluding hydrogens is 140 g/mol. The van der Waals surface area contributed by atoms with Crippen LogP contribution in [0.1, 0.15) is 19.3 Å². The van der Waals surface area contributed by atoms with E-state index < -0.39 is 0 Å². The highest BCUT2D eigenvalue weighted by molar-refractivity contribution is 5.76. The van der Waals surface area contributed by atoms with Crippen molar-refractivity contribution in [1.82, 2.24) is 0 Å². The molecule has 0 saturated carbocycles. The summed E-state index contributed by atoms with van der Waals surface area (Å²) in [5, 5.41) is 6.71. The van der Waals surface area contributed by atoms with Gasteiger partial charge in [-0.1, -0.05) is 12.7 Å². The standard InChI is InChI=1S/C8H12N2O/c1-3-5-6-7-8(11)10-9-4-2/h3-4H,1-2,5-7H2. The number of rotatable bonds is 5. The highest BCUT2D eigenvalue weighted by atomic mass is 16.1. The smallest absolute Gasteiger partial charge is 0.264 e. The molecule has 0 heterocycles. The summed E-state index contributed by atoms with van der Waals surface area (Å²) < 4.78 is 0. The second-order valence-corrected chi connectivity index (χ2v) is 1.97. The SMILES string of the molecule is C=CCCCC(=O)N=NC=C. The number of hydrogen-bond donors (Lipinski definition) is 0. The zero-order valence-electron chi connectivity index (χ0n) is 6.49. The van der Waals surface area contributed by atoms with Crippen LogP contribution < -0.4 is 0 Å². The molecule has 3 nitrogen and oxygen atoms in total. The van der Waals surface area contributed by atoms with E-state index in [9.17, 15) is 4.79 Å². The van der Waals surface area contributed by atoms with Gasteiger partial charge in [-0.3, -0.25) is 4.79 Å². The molecule has 0 radical (unpaired) electrons. The summed E-state index contributed by atoms with van der Waals surface area (Å²) in [6.45, 7) is 6.84. The van der Waals surface area contributed by atoms with E-state index in [1.54, 1.807) is 6.08 Å². The van der Waals surface area contributed by atoms with Crippen LogP contribution in [-0.2, 0) is 4.79 Å². The van der Waals surface area contributed by atoms with Crippen LogP contribution in [0.5, 0.6) is 0 Å². The second kappa shape index (κ2) is 6.86. The lowest BCUT2D eigenvalue weighted by atomic mass is 10.2. The Morgan fingerprint density at radius 3 is 2.73 bits per heavy atom. The number of carbonyl (C=O) groups excluding carboxylic acids is 1. The van der Waals surface area contributed by atoms with E-state index in [1.165, 1.54) is 6.20 Å². The Hall–Kier alpha value is -1.25. The summed E-state index contributed by atoms with van der Waals surface area (Å²) in [5.41, 5.74) is 0. The summed E-state index contributed by atoms with van der Waals surface area (Å²) in [6.07, 6.45) is 5.08. The van der Waals surface area contributed by atoms with Crippen molar-refractivity contribution in [1.29, 1.82) is 0 Å². The fourth-order valence-electron chi connectivity index (χ4n) is 0.553. The number of nitrogens with zero attached hydrogens (tertiary/aromatic N) is 2. The molecule has 0 aromatic rings. The molecule has 0 aliphatic rings. The molecule has 0 atom stereocenters. The number of azo groups is 1. The zero-order chi connectivity index (χ0) is 8.53. The van der Waals surface area contributed by atoms with Gasteiger partial charge in [0.1, 0.15) is 0 Å². The molecule has 0 fully saturated rings. The first-order valence-electron chi connectivity index (χ1n) is 3.46. The van der Waals surface area contributed by atoms with E-state index in [-0.39, 0.29) is 5.91 Å². The fourth-order valence-corrected chi connectivity index (χ4v) is 0.553. The van der Waals surface area contributed by atoms with Crippen LogP contribution >= 0.6 is 0 Å². The number of hydrogen-bond acceptors (Lipinski definition) is 2. The van der Waals surface area contributed by atoms with Gasteiger partial charge in [0.25, 0.3) is 5.91 Å². The summed E-state index contributed by atoms with van der Waals surface area (Å²) in [7, 11) is 0. The van der Waals surface area contributed by atoms with Crippen molar-refractivity contribution in [3.05, 3.63) is 25.4 Å². The zero-order valence-corrected chi connectivity index (χ0v) is 6.49. The lowest BCUT2D eigenvalue weighted by Crippen LogP contribution is -1.90. The van der Waals surface area contributed by atoms with Crippen LogP contribution in [0, 0.1) is 0 Å². The molecule has 0 rings (SSSR count). The maximum Gasteiger partial charge on any atom is 0.264 e. The third-order valence-corrected chi connectivity index (χ3v) is 1.05. The average Bonchev–Trinajstić information content (AvgIpc) is 2.01. The molecule has 0 unspecified atom stereocenters. The molecule has 1 amide bonds. The molecule has 0 spiro atoms. The monoisotopic (exact) mass is 152 g/mol. The Balaban J connectivity index is 3.44. The quantitative estimate of drug-likeness (QED) is 0.339. The van der Waals surface area contributed by atoms with Crippen molar-refractivity contribution in [2.24, 2.45) is 10.2 Å². The molecule has 0 aliphatic carbocycles. The van der Waals surface area contributed by atoms with Crippen molar-refractivity contribution in [2.45, 2.75) is 19.3 Å². The van der Waals surface area contributed by atoms with Gasteiger partial charge in [0.15, 0.2) is 0 Å². The minimum absolute atomic E-state index is 0.202. The van der Waals surface area contributed by atoms with E-state index in [4.69, 9.17) is 0 Å². The highest BCUT2D eigenvalue weighted by Crippen LogP contribution is 1.97. The number of amides is 1. The van der Waals surface area contributed by atoms with Gasteiger partial charge < -0.3 is 0 Å². The highest BCUT2D eigenvalue weighted by Gasteiger charge is 1.95. The van der Waals surface area contributed by atoms with Gasteiger partial charge in [0, 0.05) is 12.6 Å². The Morgan fingerprint density at radius 1 is 1.45 bits per heavy atom. The van der Waals surface area contributed by atoms with Gasteiger partial charge in [-0.15, -0.1) is 11.7 Å². The van der Waals surface area contributed by atoms with Crippen LogP contribution in [0.15, 0.2) is 35.7 Å². The molecule has 11 heavy (non-hydrogen) atoms. The first-order valence-corrected chi connectivity index (χ1v) is 3.46. The first kappa shape index (κ1) is 9.75. The largest absolute Gasteiger partial charge is 0.271 e. The van der Waals surface area contributed by atoms with Crippen LogP contribution in [0.2, 0.25) is 0 Å². The minimum atomic E-state index is -0.202. The first-order chi connectivity index (χ1) is 5.31. The van der Waals surface area contributed by atoms with Crippen molar-refractivity contribution >= 4 is 5.91 Å². The predicted octanol–water partition coefficient (Wildman–Crippen LogP) is 2.47. The van der Waals surface area contributed by atoms with Crippen molar-refractivity contribution < 1.29 is 4.79 Å². The molecule has 0 aliphatic heterocycles. The van der Waals surface area contributed by atoms with Gasteiger partial charge >= 0.3 is 0 Å².